The van der Waals surface area contributed by atoms with Gasteiger partial charge >= 0.3 is 0 Å². The quantitative estimate of drug-likeness (QED) is 0.914. The van der Waals surface area contributed by atoms with E-state index in [-0.39, 0.29) is 11.9 Å². The second-order valence-corrected chi connectivity index (χ2v) is 6.37. The predicted molar refractivity (Wildman–Crippen MR) is 76.2 cm³/mol. The van der Waals surface area contributed by atoms with Gasteiger partial charge in [0.1, 0.15) is 5.82 Å². The minimum atomic E-state index is -0.273. The van der Waals surface area contributed by atoms with Crippen molar-refractivity contribution in [1.29, 1.82) is 0 Å². The lowest BCUT2D eigenvalue weighted by molar-refractivity contribution is 0.562. The van der Waals surface area contributed by atoms with Crippen LogP contribution in [0, 0.1) is 5.82 Å². The monoisotopic (exact) mass is 296 g/mol. The maximum atomic E-state index is 13.8. The molecular formula is C14H14ClFN2S. The van der Waals surface area contributed by atoms with Gasteiger partial charge in [-0.3, -0.25) is 0 Å². The van der Waals surface area contributed by atoms with Crippen LogP contribution in [0.4, 0.5) is 4.39 Å². The lowest BCUT2D eigenvalue weighted by Gasteiger charge is -2.15. The lowest BCUT2D eigenvalue weighted by Crippen LogP contribution is -2.16. The molecule has 19 heavy (non-hydrogen) atoms. The van der Waals surface area contributed by atoms with Gasteiger partial charge in [-0.15, -0.1) is 11.3 Å². The van der Waals surface area contributed by atoms with E-state index in [1.165, 1.54) is 10.9 Å². The third kappa shape index (κ3) is 2.53. The number of halogens is 2. The molecule has 0 saturated heterocycles. The van der Waals surface area contributed by atoms with Crippen LogP contribution in [0.3, 0.4) is 0 Å². The number of rotatable bonds is 2. The van der Waals surface area contributed by atoms with E-state index in [2.05, 4.69) is 4.98 Å². The zero-order valence-corrected chi connectivity index (χ0v) is 11.9. The van der Waals surface area contributed by atoms with E-state index >= 15 is 0 Å². The van der Waals surface area contributed by atoms with Crippen molar-refractivity contribution in [2.75, 3.05) is 0 Å². The van der Waals surface area contributed by atoms with Gasteiger partial charge in [-0.25, -0.2) is 9.37 Å². The van der Waals surface area contributed by atoms with Crippen LogP contribution in [-0.4, -0.2) is 4.98 Å². The number of nitrogens with two attached hydrogens (primary N) is 1. The first-order chi connectivity index (χ1) is 9.15. The fraction of sp³-hybridized carbons (Fsp3) is 0.357. The van der Waals surface area contributed by atoms with Crippen molar-refractivity contribution in [3.05, 3.63) is 50.2 Å². The van der Waals surface area contributed by atoms with Crippen LogP contribution in [0.5, 0.6) is 0 Å². The second-order valence-electron chi connectivity index (χ2n) is 4.79. The van der Waals surface area contributed by atoms with Gasteiger partial charge in [-0.2, -0.15) is 0 Å². The molecule has 0 bridgehead atoms. The van der Waals surface area contributed by atoms with Crippen LogP contribution in [0.2, 0.25) is 5.02 Å². The van der Waals surface area contributed by atoms with E-state index in [1.54, 1.807) is 23.5 Å². The molecule has 0 amide bonds. The summed E-state index contributed by atoms with van der Waals surface area (Å²) in [5, 5.41) is 1.35. The number of hydrogen-bond donors (Lipinski definition) is 1. The Balaban J connectivity index is 1.92. The molecule has 3 rings (SSSR count). The standard InChI is InChI=1S/C14H14ClFN2S/c15-9-3-1-4-10(16)8(9)7-13-18-14-11(17)5-2-6-12(14)19-13/h1,3-4,11H,2,5-7,17H2. The molecule has 2 nitrogen and oxygen atoms in total. The van der Waals surface area contributed by atoms with Crippen LogP contribution in [-0.2, 0) is 12.8 Å². The molecule has 1 aromatic carbocycles. The highest BCUT2D eigenvalue weighted by Gasteiger charge is 2.22. The molecule has 1 heterocycles. The topological polar surface area (TPSA) is 38.9 Å². The third-order valence-electron chi connectivity index (χ3n) is 3.43. The SMILES string of the molecule is NC1CCCc2sc(Cc3c(F)cccc3Cl)nc21. The predicted octanol–water partition coefficient (Wildman–Crippen LogP) is 3.86. The van der Waals surface area contributed by atoms with E-state index in [9.17, 15) is 4.39 Å². The van der Waals surface area contributed by atoms with Crippen molar-refractivity contribution in [3.63, 3.8) is 0 Å². The molecule has 1 aliphatic carbocycles. The van der Waals surface area contributed by atoms with Gasteiger partial charge in [-0.05, 0) is 31.4 Å². The Morgan fingerprint density at radius 3 is 3.05 bits per heavy atom. The van der Waals surface area contributed by atoms with Gasteiger partial charge in [0.05, 0.1) is 10.7 Å². The fourth-order valence-electron chi connectivity index (χ4n) is 2.43. The van der Waals surface area contributed by atoms with E-state index in [0.29, 0.717) is 17.0 Å². The summed E-state index contributed by atoms with van der Waals surface area (Å²) in [5.41, 5.74) is 7.57. The number of aryl methyl sites for hydroxylation is 1. The maximum absolute atomic E-state index is 13.8. The molecule has 1 aromatic heterocycles. The third-order valence-corrected chi connectivity index (χ3v) is 4.92. The molecule has 1 atom stereocenters. The molecule has 100 valence electrons. The van der Waals surface area contributed by atoms with Crippen LogP contribution in [0.25, 0.3) is 0 Å². The van der Waals surface area contributed by atoms with Crippen LogP contribution in [0.15, 0.2) is 18.2 Å². The summed E-state index contributed by atoms with van der Waals surface area (Å²) >= 11 is 7.68. The summed E-state index contributed by atoms with van der Waals surface area (Å²) in [6.07, 6.45) is 3.56. The molecule has 0 saturated carbocycles. The highest BCUT2D eigenvalue weighted by atomic mass is 35.5. The van der Waals surface area contributed by atoms with Gasteiger partial charge in [0, 0.05) is 27.9 Å². The Labute approximate surface area is 120 Å². The summed E-state index contributed by atoms with van der Waals surface area (Å²) in [6.45, 7) is 0. The first-order valence-corrected chi connectivity index (χ1v) is 7.51. The lowest BCUT2D eigenvalue weighted by atomic mass is 9.99. The number of hydrogen-bond acceptors (Lipinski definition) is 3. The van der Waals surface area contributed by atoms with Crippen LogP contribution >= 0.6 is 22.9 Å². The summed E-state index contributed by atoms with van der Waals surface area (Å²) in [4.78, 5) is 5.83. The average molecular weight is 297 g/mol. The number of benzene rings is 1. The molecule has 5 heteroatoms. The molecular weight excluding hydrogens is 283 g/mol. The minimum absolute atomic E-state index is 0.0323. The van der Waals surface area contributed by atoms with Gasteiger partial charge < -0.3 is 5.73 Å². The Morgan fingerprint density at radius 2 is 2.32 bits per heavy atom. The van der Waals surface area contributed by atoms with E-state index in [1.807, 2.05) is 0 Å². The average Bonchev–Trinajstić information content (AvgIpc) is 2.78. The van der Waals surface area contributed by atoms with Crippen LogP contribution < -0.4 is 5.73 Å². The van der Waals surface area contributed by atoms with Crippen LogP contribution in [0.1, 0.15) is 40.0 Å². The van der Waals surface area contributed by atoms with Gasteiger partial charge in [0.2, 0.25) is 0 Å². The number of thiazole rings is 1. The van der Waals surface area contributed by atoms with Crippen molar-refractivity contribution in [3.8, 4) is 0 Å². The molecule has 1 unspecified atom stereocenters. The van der Waals surface area contributed by atoms with Crippen molar-refractivity contribution < 1.29 is 4.39 Å². The van der Waals surface area contributed by atoms with Gasteiger partial charge in [0.15, 0.2) is 0 Å². The molecule has 0 radical (unpaired) electrons. The fourth-order valence-corrected chi connectivity index (χ4v) is 3.85. The summed E-state index contributed by atoms with van der Waals surface area (Å²) in [5.74, 6) is -0.273. The first-order valence-electron chi connectivity index (χ1n) is 6.32. The molecule has 2 N–H and O–H groups in total. The summed E-state index contributed by atoms with van der Waals surface area (Å²) in [6, 6.07) is 4.79. The first kappa shape index (κ1) is 13.0. The Kier molecular flexibility index (Phi) is 3.56. The van der Waals surface area contributed by atoms with E-state index in [4.69, 9.17) is 17.3 Å². The van der Waals surface area contributed by atoms with Crippen molar-refractivity contribution in [1.82, 2.24) is 4.98 Å². The maximum Gasteiger partial charge on any atom is 0.128 e. The number of aromatic nitrogens is 1. The van der Waals surface area contributed by atoms with E-state index < -0.39 is 0 Å². The van der Waals surface area contributed by atoms with Crippen molar-refractivity contribution in [2.45, 2.75) is 31.7 Å². The zero-order valence-electron chi connectivity index (χ0n) is 10.3. The molecule has 0 fully saturated rings. The zero-order chi connectivity index (χ0) is 13.4. The highest BCUT2D eigenvalue weighted by molar-refractivity contribution is 7.11. The van der Waals surface area contributed by atoms with Gasteiger partial charge in [0.25, 0.3) is 0 Å². The summed E-state index contributed by atoms with van der Waals surface area (Å²) in [7, 11) is 0. The molecule has 0 aliphatic heterocycles. The summed E-state index contributed by atoms with van der Waals surface area (Å²) < 4.78 is 13.8. The highest BCUT2D eigenvalue weighted by Crippen LogP contribution is 2.33. The molecule has 2 aromatic rings. The van der Waals surface area contributed by atoms with Crippen molar-refractivity contribution in [2.24, 2.45) is 5.73 Å². The smallest absolute Gasteiger partial charge is 0.128 e. The second kappa shape index (κ2) is 5.19. The van der Waals surface area contributed by atoms with E-state index in [0.717, 1.165) is 30.0 Å². The number of fused-ring (bicyclic) bond motifs is 1. The minimum Gasteiger partial charge on any atom is -0.323 e. The van der Waals surface area contributed by atoms with Gasteiger partial charge in [-0.1, -0.05) is 17.7 Å². The molecule has 0 spiro atoms. The Hall–Kier alpha value is -0.970. The van der Waals surface area contributed by atoms with Crippen molar-refractivity contribution >= 4 is 22.9 Å². The largest absolute Gasteiger partial charge is 0.323 e. The number of nitrogens with zero attached hydrogens (tertiary/aromatic N) is 1. The Morgan fingerprint density at radius 1 is 1.47 bits per heavy atom. The molecule has 1 aliphatic rings. The Bertz CT molecular complexity index is 591. The normalized spacial score (nSPS) is 18.4.